The van der Waals surface area contributed by atoms with Gasteiger partial charge in [-0.3, -0.25) is 0 Å². The number of carboxylic acid groups (broad SMARTS) is 1. The summed E-state index contributed by atoms with van der Waals surface area (Å²) < 4.78 is 0. The Morgan fingerprint density at radius 2 is 1.35 bits per heavy atom. The van der Waals surface area contributed by atoms with Crippen molar-refractivity contribution in [3.63, 3.8) is 0 Å². The molecular weight excluding hydrogens is 320 g/mol. The molecule has 2 heteroatoms. The molecule has 26 heavy (non-hydrogen) atoms. The van der Waals surface area contributed by atoms with Crippen molar-refractivity contribution < 1.29 is 9.90 Å². The van der Waals surface area contributed by atoms with E-state index in [1.54, 1.807) is 12.5 Å². The molecule has 1 aliphatic rings. The summed E-state index contributed by atoms with van der Waals surface area (Å²) in [5, 5.41) is 8.74. The van der Waals surface area contributed by atoms with Gasteiger partial charge in [-0.1, -0.05) is 86.6 Å². The zero-order valence-corrected chi connectivity index (χ0v) is 16.0. The second-order valence-corrected chi connectivity index (χ2v) is 7.36. The van der Waals surface area contributed by atoms with E-state index in [1.165, 1.54) is 75.8 Å². The van der Waals surface area contributed by atoms with Crippen molar-refractivity contribution >= 4 is 18.1 Å². The summed E-state index contributed by atoms with van der Waals surface area (Å²) in [5.41, 5.74) is 4.69. The van der Waals surface area contributed by atoms with Crippen LogP contribution in [0.1, 0.15) is 82.3 Å². The standard InChI is InChI=1S/C24H32O2/c1-20(18-24(25)26)12-13-21-14-16-23(17-15-21)19-22-10-8-6-4-2-3-5-7-9-11-22/h12-19H,2-11H2,1H3,(H,25,26)/b13-12+,20-18+. The maximum Gasteiger partial charge on any atom is 0.328 e. The quantitative estimate of drug-likeness (QED) is 0.466. The maximum absolute atomic E-state index is 10.6. The molecule has 0 bridgehead atoms. The number of hydrogen-bond donors (Lipinski definition) is 1. The Labute approximate surface area is 158 Å². The number of benzene rings is 1. The number of hydrogen-bond acceptors (Lipinski definition) is 1. The molecule has 0 amide bonds. The molecule has 0 spiro atoms. The molecule has 1 aromatic rings. The van der Waals surface area contributed by atoms with E-state index in [2.05, 4.69) is 30.3 Å². The minimum atomic E-state index is -0.907. The molecule has 0 aromatic heterocycles. The maximum atomic E-state index is 10.6. The van der Waals surface area contributed by atoms with Gasteiger partial charge in [0.25, 0.3) is 0 Å². The van der Waals surface area contributed by atoms with E-state index in [0.717, 1.165) is 11.1 Å². The number of aliphatic carboxylic acids is 1. The van der Waals surface area contributed by atoms with E-state index in [1.807, 2.05) is 12.2 Å². The summed E-state index contributed by atoms with van der Waals surface area (Å²) in [6.45, 7) is 1.80. The lowest BCUT2D eigenvalue weighted by atomic mass is 9.99. The normalized spacial score (nSPS) is 17.7. The van der Waals surface area contributed by atoms with Gasteiger partial charge in [-0.25, -0.2) is 4.79 Å². The number of rotatable bonds is 4. The molecule has 1 saturated carbocycles. The van der Waals surface area contributed by atoms with Gasteiger partial charge >= 0.3 is 5.97 Å². The van der Waals surface area contributed by atoms with Crippen molar-refractivity contribution in [2.45, 2.75) is 71.1 Å². The van der Waals surface area contributed by atoms with E-state index in [4.69, 9.17) is 5.11 Å². The first kappa shape index (κ1) is 20.2. The van der Waals surface area contributed by atoms with E-state index < -0.39 is 5.97 Å². The van der Waals surface area contributed by atoms with Crippen LogP contribution in [0.15, 0.2) is 47.6 Å². The van der Waals surface area contributed by atoms with Crippen LogP contribution in [-0.4, -0.2) is 11.1 Å². The molecule has 140 valence electrons. The van der Waals surface area contributed by atoms with E-state index in [9.17, 15) is 4.79 Å². The second-order valence-electron chi connectivity index (χ2n) is 7.36. The van der Waals surface area contributed by atoms with Crippen LogP contribution < -0.4 is 0 Å². The van der Waals surface area contributed by atoms with Gasteiger partial charge < -0.3 is 5.11 Å². The fourth-order valence-electron chi connectivity index (χ4n) is 3.44. The minimum Gasteiger partial charge on any atom is -0.478 e. The molecule has 2 rings (SSSR count). The molecule has 1 aromatic carbocycles. The Morgan fingerprint density at radius 1 is 0.846 bits per heavy atom. The largest absolute Gasteiger partial charge is 0.478 e. The van der Waals surface area contributed by atoms with Crippen molar-refractivity contribution in [3.8, 4) is 0 Å². The van der Waals surface area contributed by atoms with Crippen LogP contribution >= 0.6 is 0 Å². The fourth-order valence-corrected chi connectivity index (χ4v) is 3.44. The van der Waals surface area contributed by atoms with Gasteiger partial charge in [0.2, 0.25) is 0 Å². The Kier molecular flexibility index (Phi) is 8.95. The number of carboxylic acids is 1. The monoisotopic (exact) mass is 352 g/mol. The topological polar surface area (TPSA) is 37.3 Å². The first-order valence-corrected chi connectivity index (χ1v) is 10.0. The molecule has 1 fully saturated rings. The van der Waals surface area contributed by atoms with Gasteiger partial charge in [0, 0.05) is 6.08 Å². The average molecular weight is 353 g/mol. The lowest BCUT2D eigenvalue weighted by molar-refractivity contribution is -0.131. The predicted molar refractivity (Wildman–Crippen MR) is 111 cm³/mol. The van der Waals surface area contributed by atoms with Gasteiger partial charge in [0.1, 0.15) is 0 Å². The van der Waals surface area contributed by atoms with E-state index >= 15 is 0 Å². The SMILES string of the molecule is CC(/C=C/c1ccc(C=C2CCCCCCCCCC2)cc1)=C\C(=O)O. The Bertz CT molecular complexity index is 633. The summed E-state index contributed by atoms with van der Waals surface area (Å²) in [4.78, 5) is 10.6. The Balaban J connectivity index is 1.99. The predicted octanol–water partition coefficient (Wildman–Crippen LogP) is 7.03. The third-order valence-electron chi connectivity index (χ3n) is 4.94. The molecule has 1 N–H and O–H groups in total. The molecule has 0 heterocycles. The smallest absolute Gasteiger partial charge is 0.328 e. The highest BCUT2D eigenvalue weighted by atomic mass is 16.4. The van der Waals surface area contributed by atoms with Crippen LogP contribution in [0.4, 0.5) is 0 Å². The first-order valence-electron chi connectivity index (χ1n) is 10.0. The van der Waals surface area contributed by atoms with Crippen LogP contribution in [0.5, 0.6) is 0 Å². The van der Waals surface area contributed by atoms with Crippen molar-refractivity contribution in [3.05, 3.63) is 58.7 Å². The van der Waals surface area contributed by atoms with Crippen molar-refractivity contribution in [2.75, 3.05) is 0 Å². The highest BCUT2D eigenvalue weighted by molar-refractivity contribution is 5.81. The van der Waals surface area contributed by atoms with Gasteiger partial charge in [0.15, 0.2) is 0 Å². The van der Waals surface area contributed by atoms with Crippen LogP contribution in [0.3, 0.4) is 0 Å². The zero-order valence-electron chi connectivity index (χ0n) is 16.0. The molecular formula is C24H32O2. The summed E-state index contributed by atoms with van der Waals surface area (Å²) in [5.74, 6) is -0.907. The fraction of sp³-hybridized carbons (Fsp3) is 0.458. The number of allylic oxidation sites excluding steroid dienone is 3. The Hall–Kier alpha value is -2.09. The average Bonchev–Trinajstić information content (AvgIpc) is 2.67. The summed E-state index contributed by atoms with van der Waals surface area (Å²) in [6, 6.07) is 8.52. The van der Waals surface area contributed by atoms with Crippen molar-refractivity contribution in [2.24, 2.45) is 0 Å². The second kappa shape index (κ2) is 11.5. The molecule has 0 atom stereocenters. The third-order valence-corrected chi connectivity index (χ3v) is 4.94. The molecule has 2 nitrogen and oxygen atoms in total. The lowest BCUT2D eigenvalue weighted by Crippen LogP contribution is -1.88. The highest BCUT2D eigenvalue weighted by Crippen LogP contribution is 2.23. The number of carbonyl (C=O) groups is 1. The zero-order chi connectivity index (χ0) is 18.6. The first-order chi connectivity index (χ1) is 12.6. The summed E-state index contributed by atoms with van der Waals surface area (Å²) in [7, 11) is 0. The van der Waals surface area contributed by atoms with Crippen molar-refractivity contribution in [1.82, 2.24) is 0 Å². The van der Waals surface area contributed by atoms with Crippen LogP contribution in [0, 0.1) is 0 Å². The molecule has 0 unspecified atom stereocenters. The molecule has 0 radical (unpaired) electrons. The lowest BCUT2D eigenvalue weighted by Gasteiger charge is -2.07. The van der Waals surface area contributed by atoms with Gasteiger partial charge in [0.05, 0.1) is 0 Å². The van der Waals surface area contributed by atoms with Crippen LogP contribution in [0.25, 0.3) is 12.2 Å². The molecule has 0 aliphatic heterocycles. The summed E-state index contributed by atoms with van der Waals surface area (Å²) in [6.07, 6.45) is 20.8. The van der Waals surface area contributed by atoms with Gasteiger partial charge in [-0.2, -0.15) is 0 Å². The molecule has 1 aliphatic carbocycles. The van der Waals surface area contributed by atoms with Crippen LogP contribution in [0.2, 0.25) is 0 Å². The van der Waals surface area contributed by atoms with E-state index in [0.29, 0.717) is 0 Å². The third kappa shape index (κ3) is 8.33. The summed E-state index contributed by atoms with van der Waals surface area (Å²) >= 11 is 0. The van der Waals surface area contributed by atoms with Gasteiger partial charge in [-0.15, -0.1) is 0 Å². The Morgan fingerprint density at radius 3 is 1.88 bits per heavy atom. The van der Waals surface area contributed by atoms with Gasteiger partial charge in [-0.05, 0) is 49.3 Å². The van der Waals surface area contributed by atoms with Crippen LogP contribution in [-0.2, 0) is 4.79 Å². The van der Waals surface area contributed by atoms with E-state index in [-0.39, 0.29) is 0 Å². The molecule has 0 saturated heterocycles. The van der Waals surface area contributed by atoms with Crippen molar-refractivity contribution in [1.29, 1.82) is 0 Å². The minimum absolute atomic E-state index is 0.737. The highest BCUT2D eigenvalue weighted by Gasteiger charge is 2.02.